The molecule has 11 aromatic rings. The molecule has 0 fully saturated rings. The fourth-order valence-electron chi connectivity index (χ4n) is 10.7. The lowest BCUT2D eigenvalue weighted by molar-refractivity contribution is 0.569. The Hall–Kier alpha value is -7.94. The molecule has 0 atom stereocenters. The average molecular weight is 933 g/mol. The Labute approximate surface area is 426 Å². The second kappa shape index (κ2) is 18.0. The summed E-state index contributed by atoms with van der Waals surface area (Å²) in [5.74, 6) is 0. The molecule has 0 saturated carbocycles. The Balaban J connectivity index is 1.13. The van der Waals surface area contributed by atoms with Crippen molar-refractivity contribution in [1.29, 1.82) is 0 Å². The maximum absolute atomic E-state index is 2.50. The van der Waals surface area contributed by atoms with Crippen LogP contribution >= 0.6 is 0 Å². The maximum Gasteiger partial charge on any atom is 0.0541 e. The van der Waals surface area contributed by atoms with Gasteiger partial charge >= 0.3 is 0 Å². The van der Waals surface area contributed by atoms with Gasteiger partial charge in [-0.25, -0.2) is 0 Å². The van der Waals surface area contributed by atoms with Gasteiger partial charge in [-0.15, -0.1) is 0 Å². The lowest BCUT2D eigenvalue weighted by atomic mass is 9.78. The van der Waals surface area contributed by atoms with Crippen molar-refractivity contribution in [3.63, 3.8) is 0 Å². The highest BCUT2D eigenvalue weighted by Gasteiger charge is 2.25. The van der Waals surface area contributed by atoms with E-state index < -0.39 is 0 Å². The van der Waals surface area contributed by atoms with Crippen LogP contribution in [0, 0.1) is 0 Å². The van der Waals surface area contributed by atoms with E-state index in [9.17, 15) is 0 Å². The minimum Gasteiger partial charge on any atom is -0.309 e. The van der Waals surface area contributed by atoms with Crippen LogP contribution in [0.5, 0.6) is 0 Å². The highest BCUT2D eigenvalue weighted by Crippen LogP contribution is 2.48. The van der Waals surface area contributed by atoms with Gasteiger partial charge in [-0.3, -0.25) is 0 Å². The number of anilines is 3. The molecule has 0 N–H and O–H groups in total. The van der Waals surface area contributed by atoms with Crippen molar-refractivity contribution in [2.75, 3.05) is 4.90 Å². The first-order valence-electron chi connectivity index (χ1n) is 25.6. The van der Waals surface area contributed by atoms with Gasteiger partial charge in [0.1, 0.15) is 0 Å². The van der Waals surface area contributed by atoms with Crippen molar-refractivity contribution in [3.05, 3.63) is 241 Å². The van der Waals surface area contributed by atoms with E-state index in [1.807, 2.05) is 0 Å². The van der Waals surface area contributed by atoms with Crippen LogP contribution in [0.2, 0.25) is 0 Å². The zero-order chi connectivity index (χ0) is 49.9. The molecular formula is C70H64N2. The second-order valence-corrected chi connectivity index (χ2v) is 22.7. The maximum atomic E-state index is 2.50. The fraction of sp³-hybridized carbons (Fsp3) is 0.171. The predicted molar refractivity (Wildman–Crippen MR) is 311 cm³/mol. The molecule has 0 amide bonds. The average Bonchev–Trinajstić information content (AvgIpc) is 3.72. The van der Waals surface area contributed by atoms with Crippen LogP contribution in [-0.2, 0) is 16.2 Å². The second-order valence-electron chi connectivity index (χ2n) is 22.7. The smallest absolute Gasteiger partial charge is 0.0541 e. The zero-order valence-corrected chi connectivity index (χ0v) is 43.3. The first kappa shape index (κ1) is 46.4. The lowest BCUT2D eigenvalue weighted by Gasteiger charge is -2.31. The van der Waals surface area contributed by atoms with Crippen molar-refractivity contribution in [2.24, 2.45) is 0 Å². The SMILES string of the molecule is CC(C)(C)c1ccc(-c2ccccc2N(c2cccc(-c3ccc4c(c3)c3ccccc3n4-c3ccccc3)c2)c2ccccc2-c2cccc3cccc(-c4cc(C(C)(C)C)cc(C(C)(C)C)c4)c23)cc1. The molecule has 11 rings (SSSR count). The van der Waals surface area contributed by atoms with Gasteiger partial charge in [-0.05, 0) is 132 Å². The first-order valence-corrected chi connectivity index (χ1v) is 25.6. The molecule has 2 nitrogen and oxygen atoms in total. The minimum atomic E-state index is -0.0156. The summed E-state index contributed by atoms with van der Waals surface area (Å²) < 4.78 is 2.39. The van der Waals surface area contributed by atoms with Crippen molar-refractivity contribution in [1.82, 2.24) is 4.57 Å². The van der Waals surface area contributed by atoms with Gasteiger partial charge in [0.15, 0.2) is 0 Å². The largest absolute Gasteiger partial charge is 0.309 e. The van der Waals surface area contributed by atoms with Gasteiger partial charge in [-0.2, -0.15) is 0 Å². The molecule has 10 aromatic carbocycles. The molecule has 72 heavy (non-hydrogen) atoms. The molecule has 1 aromatic heterocycles. The third-order valence-electron chi connectivity index (χ3n) is 14.6. The highest BCUT2D eigenvalue weighted by atomic mass is 15.1. The van der Waals surface area contributed by atoms with Crippen molar-refractivity contribution in [3.8, 4) is 50.2 Å². The van der Waals surface area contributed by atoms with Crippen LogP contribution in [0.3, 0.4) is 0 Å². The van der Waals surface area contributed by atoms with Gasteiger partial charge in [-0.1, -0.05) is 232 Å². The number of hydrogen-bond donors (Lipinski definition) is 0. The zero-order valence-electron chi connectivity index (χ0n) is 43.3. The number of para-hydroxylation sites is 4. The molecule has 0 aliphatic rings. The molecule has 0 saturated heterocycles. The molecule has 354 valence electrons. The van der Waals surface area contributed by atoms with E-state index in [-0.39, 0.29) is 16.2 Å². The van der Waals surface area contributed by atoms with Crippen LogP contribution in [0.1, 0.15) is 79.0 Å². The predicted octanol–water partition coefficient (Wildman–Crippen LogP) is 20.0. The van der Waals surface area contributed by atoms with E-state index in [1.54, 1.807) is 0 Å². The molecule has 0 bridgehead atoms. The molecule has 0 unspecified atom stereocenters. The van der Waals surface area contributed by atoms with Crippen LogP contribution in [-0.4, -0.2) is 4.57 Å². The number of rotatable bonds is 8. The third kappa shape index (κ3) is 8.60. The molecule has 0 aliphatic heterocycles. The Kier molecular flexibility index (Phi) is 11.6. The van der Waals surface area contributed by atoms with E-state index in [1.165, 1.54) is 82.6 Å². The summed E-state index contributed by atoms with van der Waals surface area (Å²) in [6, 6.07) is 83.7. The molecular weight excluding hydrogens is 869 g/mol. The van der Waals surface area contributed by atoms with Gasteiger partial charge in [0.05, 0.1) is 22.4 Å². The topological polar surface area (TPSA) is 8.17 Å². The van der Waals surface area contributed by atoms with Crippen LogP contribution in [0.4, 0.5) is 17.1 Å². The molecule has 0 spiro atoms. The minimum absolute atomic E-state index is 0.0156. The molecule has 2 heteroatoms. The van der Waals surface area contributed by atoms with Crippen LogP contribution in [0.25, 0.3) is 82.8 Å². The Morgan fingerprint density at radius 3 is 1.53 bits per heavy atom. The summed E-state index contributed by atoms with van der Waals surface area (Å²) >= 11 is 0. The van der Waals surface area contributed by atoms with Gasteiger partial charge in [0.2, 0.25) is 0 Å². The number of aromatic nitrogens is 1. The number of hydrogen-bond acceptors (Lipinski definition) is 1. The van der Waals surface area contributed by atoms with Gasteiger partial charge in [0, 0.05) is 33.3 Å². The van der Waals surface area contributed by atoms with Gasteiger partial charge in [0.25, 0.3) is 0 Å². The Morgan fingerprint density at radius 2 is 0.847 bits per heavy atom. The van der Waals surface area contributed by atoms with E-state index in [0.29, 0.717) is 0 Å². The monoisotopic (exact) mass is 933 g/mol. The fourth-order valence-corrected chi connectivity index (χ4v) is 10.7. The number of benzene rings is 10. The lowest BCUT2D eigenvalue weighted by Crippen LogP contribution is -2.16. The molecule has 1 heterocycles. The van der Waals surface area contributed by atoms with Gasteiger partial charge < -0.3 is 9.47 Å². The van der Waals surface area contributed by atoms with Crippen molar-refractivity contribution >= 4 is 49.6 Å². The summed E-state index contributed by atoms with van der Waals surface area (Å²) in [7, 11) is 0. The summed E-state index contributed by atoms with van der Waals surface area (Å²) in [5, 5.41) is 4.94. The van der Waals surface area contributed by atoms with Crippen molar-refractivity contribution < 1.29 is 0 Å². The van der Waals surface area contributed by atoms with E-state index >= 15 is 0 Å². The summed E-state index contributed by atoms with van der Waals surface area (Å²) in [6.45, 7) is 20.8. The number of fused-ring (bicyclic) bond motifs is 4. The summed E-state index contributed by atoms with van der Waals surface area (Å²) in [6.07, 6.45) is 0. The Morgan fingerprint density at radius 1 is 0.319 bits per heavy atom. The quantitative estimate of drug-likeness (QED) is 0.147. The third-order valence-corrected chi connectivity index (χ3v) is 14.6. The van der Waals surface area contributed by atoms with Crippen LogP contribution in [0.15, 0.2) is 224 Å². The molecule has 0 aliphatic carbocycles. The number of nitrogens with zero attached hydrogens (tertiary/aromatic N) is 2. The normalized spacial score (nSPS) is 12.2. The van der Waals surface area contributed by atoms with Crippen molar-refractivity contribution in [2.45, 2.75) is 78.6 Å². The summed E-state index contributed by atoms with van der Waals surface area (Å²) in [5.41, 5.74) is 20.4. The van der Waals surface area contributed by atoms with E-state index in [0.717, 1.165) is 33.9 Å². The first-order chi connectivity index (χ1) is 34.6. The van der Waals surface area contributed by atoms with E-state index in [4.69, 9.17) is 0 Å². The molecule has 0 radical (unpaired) electrons. The van der Waals surface area contributed by atoms with E-state index in [2.05, 4.69) is 296 Å². The van der Waals surface area contributed by atoms with Crippen LogP contribution < -0.4 is 4.90 Å². The Bertz CT molecular complexity index is 3750. The highest BCUT2D eigenvalue weighted by molar-refractivity contribution is 6.11. The summed E-state index contributed by atoms with van der Waals surface area (Å²) in [4.78, 5) is 2.50. The standard InChI is InChI=1S/C70H64N2/c1-68(2,3)52-39-36-47(37-40-52)57-28-13-16-33-63(57)72(56-27-19-24-49(44-56)50-38-41-66-62(45-50)60-30-15-18-35-65(60)71(66)55-25-11-10-12-26-55)64-34-17-14-29-59(64)61-32-21-23-48-22-20-31-58(67(48)61)51-42-53(69(4,5)6)46-54(43-51)70(7,8)9/h10-46H,1-9H3.